The number of hydrogen-bond donors (Lipinski definition) is 0. The first kappa shape index (κ1) is 112. The molecule has 52 heteroatoms. The Morgan fingerprint density at radius 1 is 0.155 bits per heavy atom. The molecule has 116 heavy (non-hydrogen) atoms. The SMILES string of the molecule is CO[Si](C)(CCCSCC[Si]12O[Si]3(CCSCCC[Si](C)(OC)OC)O[Si]4(CCSCCC[Si](C)(OC)OC)O[Si](CCSCCC[Si](C)(OC)OC)(O1)O[Si]1(CCSCCC[Si](C)(OC)OC)O[Si](CCSCCC[Si](C)(OC)OC)(O2)O[Si](CCSCCC[Si](C)(OC)OC)(O3)O[Si](CCSCCC[Si](C)(OC)OC)(O4)O1)OC. The van der Waals surface area contributed by atoms with Gasteiger partial charge < -0.3 is 120 Å². The lowest BCUT2D eigenvalue weighted by Crippen LogP contribution is -2.88. The molecule has 6 aliphatic rings. The normalized spacial score (nSPS) is 26.3. The van der Waals surface area contributed by atoms with Crippen LogP contribution in [0.2, 0.25) is 149 Å². The predicted molar refractivity (Wildman–Crippen MR) is 517 cm³/mol. The maximum Gasteiger partial charge on any atom is 0.479 e. The number of hydrogen-bond acceptors (Lipinski definition) is 36. The van der Waals surface area contributed by atoms with Crippen molar-refractivity contribution in [2.75, 3.05) is 206 Å². The van der Waals surface area contributed by atoms with Crippen LogP contribution in [0.1, 0.15) is 51.4 Å². The van der Waals surface area contributed by atoms with Crippen molar-refractivity contribution in [1.29, 1.82) is 0 Å². The molecule has 28 nitrogen and oxygen atoms in total. The van der Waals surface area contributed by atoms with E-state index in [-0.39, 0.29) is 0 Å². The summed E-state index contributed by atoms with van der Waals surface area (Å²) in [6, 6.07) is 9.39. The topological polar surface area (TPSA) is 258 Å². The van der Waals surface area contributed by atoms with E-state index in [1.165, 1.54) is 0 Å². The van der Waals surface area contributed by atoms with Gasteiger partial charge in [0.05, 0.1) is 0 Å². The minimum Gasteiger partial charge on any atom is -0.398 e. The smallest absolute Gasteiger partial charge is 0.398 e. The van der Waals surface area contributed by atoms with Crippen LogP contribution in [0.3, 0.4) is 0 Å². The fourth-order valence-electron chi connectivity index (χ4n) is 13.2. The summed E-state index contributed by atoms with van der Waals surface area (Å²) in [5.41, 5.74) is 0. The summed E-state index contributed by atoms with van der Waals surface area (Å²) >= 11 is 14.7. The van der Waals surface area contributed by atoms with E-state index in [0.717, 1.165) is 146 Å². The zero-order valence-corrected chi connectivity index (χ0v) is 97.5. The van der Waals surface area contributed by atoms with Crippen molar-refractivity contribution in [3.8, 4) is 0 Å². The third-order valence-electron chi connectivity index (χ3n) is 22.4. The maximum atomic E-state index is 8.54. The van der Waals surface area contributed by atoms with Crippen molar-refractivity contribution in [2.45, 2.75) is 200 Å². The minimum atomic E-state index is -4.42. The van der Waals surface area contributed by atoms with Crippen LogP contribution in [0.4, 0.5) is 0 Å². The van der Waals surface area contributed by atoms with Crippen molar-refractivity contribution >= 4 is 233 Å². The van der Waals surface area contributed by atoms with Gasteiger partial charge in [-0.15, -0.1) is 0 Å². The van der Waals surface area contributed by atoms with E-state index in [9.17, 15) is 0 Å². The van der Waals surface area contributed by atoms with Crippen molar-refractivity contribution in [2.24, 2.45) is 0 Å². The van der Waals surface area contributed by atoms with Crippen molar-refractivity contribution < 1.29 is 120 Å². The van der Waals surface area contributed by atoms with Gasteiger partial charge in [-0.05, 0) is 244 Å². The standard InChI is InChI=1S/C64H152O28S8Si16/c1-65-101(17,66-2)49-25-33-93-41-57-109-81-110(58-42-94-34-26-50-102(18,67-3)68-4)84-113(61-45-97-37-29-53-105(21,73-9)74-10)86-111(82-109,59-43-95-35-27-51-103(19,69-5)70-6)88-115(63-47-99-39-31-55-107(23,77-13)78-14)89-112(83-109,60-44-96-36-28-52-104(20,71-7)72-8)87-114(85-110,62-46-98-38-30-54-106(22,75-11)76-12)91-116(90-113,92-115)64-48-100-40-32-56-108(24,79-15)80-16/h25-64H2,1-24H3. The average molecular weight is 2080 g/mol. The lowest BCUT2D eigenvalue weighted by atomic mass is 10.6. The summed E-state index contributed by atoms with van der Waals surface area (Å²) in [4.78, 5) is 0. The molecule has 6 fully saturated rings. The van der Waals surface area contributed by atoms with Gasteiger partial charge in [-0.1, -0.05) is 0 Å². The molecule has 0 amide bonds. The molecular weight excluding hydrogens is 1920 g/mol. The Hall–Kier alpha value is 5.15. The van der Waals surface area contributed by atoms with Crippen LogP contribution in [0.5, 0.6) is 0 Å². The highest BCUT2D eigenvalue weighted by atomic mass is 32.2. The third-order valence-corrected chi connectivity index (χ3v) is 94.5. The average Bonchev–Trinajstić information content (AvgIpc) is 0.686. The fourth-order valence-corrected chi connectivity index (χ4v) is 89.0. The summed E-state index contributed by atoms with van der Waals surface area (Å²) in [5.74, 6) is 11.4. The van der Waals surface area contributed by atoms with Gasteiger partial charge in [0, 0.05) is 162 Å². The first-order chi connectivity index (χ1) is 55.1. The Labute approximate surface area is 752 Å². The van der Waals surface area contributed by atoms with E-state index < -0.39 is 139 Å². The molecule has 0 aliphatic carbocycles. The van der Waals surface area contributed by atoms with Crippen LogP contribution in [-0.2, 0) is 120 Å². The Kier molecular flexibility index (Phi) is 52.3. The van der Waals surface area contributed by atoms with Crippen molar-refractivity contribution in [1.82, 2.24) is 0 Å². The van der Waals surface area contributed by atoms with Crippen LogP contribution < -0.4 is 0 Å². The highest BCUT2D eigenvalue weighted by Crippen LogP contribution is 2.55. The van der Waals surface area contributed by atoms with Gasteiger partial charge in [-0.3, -0.25) is 0 Å². The molecule has 8 bridgehead atoms. The lowest BCUT2D eigenvalue weighted by molar-refractivity contribution is -0.0280. The van der Waals surface area contributed by atoms with Gasteiger partial charge in [0.2, 0.25) is 0 Å². The van der Waals surface area contributed by atoms with Crippen molar-refractivity contribution in [3.63, 3.8) is 0 Å². The molecular formula is C64H152O28S8Si16. The zero-order valence-electron chi connectivity index (χ0n) is 75.0. The maximum absolute atomic E-state index is 8.54. The van der Waals surface area contributed by atoms with E-state index in [1.807, 2.05) is 94.1 Å². The van der Waals surface area contributed by atoms with E-state index in [2.05, 4.69) is 52.4 Å². The van der Waals surface area contributed by atoms with E-state index in [0.29, 0.717) is 94.4 Å². The summed E-state index contributed by atoms with van der Waals surface area (Å²) in [6.07, 6.45) is 7.04. The molecule has 6 saturated heterocycles. The molecule has 0 aromatic carbocycles. The summed E-state index contributed by atoms with van der Waals surface area (Å²) in [7, 11) is -26.4. The predicted octanol–water partition coefficient (Wildman–Crippen LogP) is 15.7. The molecule has 0 N–H and O–H groups in total. The summed E-state index contributed by atoms with van der Waals surface area (Å²) in [6.45, 7) is 17.0. The van der Waals surface area contributed by atoms with Gasteiger partial charge >= 0.3 is 139 Å². The highest BCUT2D eigenvalue weighted by Gasteiger charge is 2.83. The first-order valence-corrected chi connectivity index (χ1v) is 85.9. The molecule has 0 unspecified atom stereocenters. The molecule has 0 spiro atoms. The third kappa shape index (κ3) is 36.6. The summed E-state index contributed by atoms with van der Waals surface area (Å²) in [5, 5.41) is 0. The van der Waals surface area contributed by atoms with Gasteiger partial charge in [0.1, 0.15) is 0 Å². The monoisotopic (exact) mass is 2070 g/mol. The molecule has 0 aromatic heterocycles. The highest BCUT2D eigenvalue weighted by molar-refractivity contribution is 8.01. The largest absolute Gasteiger partial charge is 0.479 e. The molecule has 6 aliphatic heterocycles. The van der Waals surface area contributed by atoms with E-state index >= 15 is 0 Å². The molecule has 6 rings (SSSR count). The first-order valence-electron chi connectivity index (χ1n) is 41.0. The minimum absolute atomic E-state index is 0.347. The van der Waals surface area contributed by atoms with Gasteiger partial charge in [-0.25, -0.2) is 0 Å². The van der Waals surface area contributed by atoms with Gasteiger partial charge in [0.15, 0.2) is 0 Å². The Morgan fingerprint density at radius 2 is 0.241 bits per heavy atom. The van der Waals surface area contributed by atoms with E-state index in [4.69, 9.17) is 120 Å². The number of thioether (sulfide) groups is 8. The van der Waals surface area contributed by atoms with Crippen LogP contribution >= 0.6 is 94.1 Å². The lowest BCUT2D eigenvalue weighted by Gasteiger charge is -2.63. The fraction of sp³-hybridized carbons (Fsp3) is 1.00. The van der Waals surface area contributed by atoms with Crippen LogP contribution in [-0.4, -0.2) is 345 Å². The van der Waals surface area contributed by atoms with Crippen LogP contribution in [0.15, 0.2) is 0 Å². The zero-order chi connectivity index (χ0) is 85.7. The van der Waals surface area contributed by atoms with Crippen LogP contribution in [0.25, 0.3) is 0 Å². The Morgan fingerprint density at radius 3 is 0.319 bits per heavy atom. The molecule has 0 radical (unpaired) electrons. The van der Waals surface area contributed by atoms with Crippen LogP contribution in [0, 0.1) is 0 Å². The summed E-state index contributed by atoms with van der Waals surface area (Å²) < 4.78 is 199. The second-order valence-electron chi connectivity index (χ2n) is 30.8. The van der Waals surface area contributed by atoms with E-state index in [1.54, 1.807) is 114 Å². The Bertz CT molecular complexity index is 2100. The quantitative estimate of drug-likeness (QED) is 0.0405. The molecule has 0 atom stereocenters. The number of rotatable bonds is 72. The van der Waals surface area contributed by atoms with Gasteiger partial charge in [-0.2, -0.15) is 94.1 Å². The molecule has 6 heterocycles. The molecule has 688 valence electrons. The molecule has 0 saturated carbocycles. The van der Waals surface area contributed by atoms with Crippen molar-refractivity contribution in [3.05, 3.63) is 0 Å². The van der Waals surface area contributed by atoms with Gasteiger partial charge in [0.25, 0.3) is 0 Å². The molecule has 0 aromatic rings. The second kappa shape index (κ2) is 54.4. The second-order valence-corrected chi connectivity index (χ2v) is 93.9. The Balaban J connectivity index is 1.93.